The molecule has 1 aromatic rings. The van der Waals surface area contributed by atoms with Crippen LogP contribution in [0, 0.1) is 6.92 Å². The van der Waals surface area contributed by atoms with Gasteiger partial charge in [-0.1, -0.05) is 0 Å². The molecule has 0 bridgehead atoms. The third-order valence-corrected chi connectivity index (χ3v) is 1.50. The van der Waals surface area contributed by atoms with Crippen molar-refractivity contribution < 1.29 is 0 Å². The van der Waals surface area contributed by atoms with Gasteiger partial charge < -0.3 is 0 Å². The van der Waals surface area contributed by atoms with E-state index in [0.717, 1.165) is 24.7 Å². The zero-order chi connectivity index (χ0) is 8.97. The van der Waals surface area contributed by atoms with Crippen LogP contribution < -0.4 is 0 Å². The number of hydrogen-bond donors (Lipinski definition) is 0. The highest BCUT2D eigenvalue weighted by molar-refractivity contribution is 5.74. The first-order valence-corrected chi connectivity index (χ1v) is 4.19. The highest BCUT2D eigenvalue weighted by Gasteiger charge is 2.01. The second-order valence-electron chi connectivity index (χ2n) is 2.46. The summed E-state index contributed by atoms with van der Waals surface area (Å²) in [6, 6.07) is 0. The molecule has 0 spiro atoms. The topological polar surface area (TPSA) is 43.1 Å². The Balaban J connectivity index is 2.89. The summed E-state index contributed by atoms with van der Waals surface area (Å²) in [6.07, 6.45) is 1.77. The normalized spacial score (nSPS) is 11.2. The molecule has 0 saturated heterocycles. The zero-order valence-electron chi connectivity index (χ0n) is 7.78. The first-order chi connectivity index (χ1) is 5.77. The Labute approximate surface area is 72.3 Å². The Kier molecular flexibility index (Phi) is 2.96. The lowest BCUT2D eigenvalue weighted by Gasteiger charge is -1.94. The van der Waals surface area contributed by atoms with E-state index in [1.165, 1.54) is 0 Å². The summed E-state index contributed by atoms with van der Waals surface area (Å²) in [7, 11) is 0. The summed E-state index contributed by atoms with van der Waals surface area (Å²) in [5.74, 6) is 1.64. The molecular weight excluding hydrogens is 152 g/mol. The third-order valence-electron chi connectivity index (χ3n) is 1.50. The van der Waals surface area contributed by atoms with E-state index in [0.29, 0.717) is 0 Å². The van der Waals surface area contributed by atoms with Crippen LogP contribution in [0.25, 0.3) is 0 Å². The van der Waals surface area contributed by atoms with E-state index in [4.69, 9.17) is 0 Å². The maximum atomic E-state index is 4.22. The summed E-state index contributed by atoms with van der Waals surface area (Å²) in [6.45, 7) is 7.55. The van der Waals surface area contributed by atoms with E-state index in [1.54, 1.807) is 6.21 Å². The van der Waals surface area contributed by atoms with Gasteiger partial charge in [-0.05, 0) is 20.8 Å². The van der Waals surface area contributed by atoms with Crippen LogP contribution in [0.4, 0.5) is 0 Å². The van der Waals surface area contributed by atoms with Crippen LogP contribution in [0.15, 0.2) is 4.99 Å². The van der Waals surface area contributed by atoms with Gasteiger partial charge in [0.15, 0.2) is 5.82 Å². The average molecular weight is 166 g/mol. The summed E-state index contributed by atoms with van der Waals surface area (Å²) in [4.78, 5) is 8.34. The highest BCUT2D eigenvalue weighted by atomic mass is 15.3. The zero-order valence-corrected chi connectivity index (χ0v) is 7.78. The number of aryl methyl sites for hydroxylation is 2. The second kappa shape index (κ2) is 3.99. The van der Waals surface area contributed by atoms with Crippen molar-refractivity contribution in [1.82, 2.24) is 14.8 Å². The van der Waals surface area contributed by atoms with Crippen molar-refractivity contribution >= 4 is 6.21 Å². The van der Waals surface area contributed by atoms with Crippen molar-refractivity contribution in [3.8, 4) is 0 Å². The molecule has 0 aliphatic rings. The fourth-order valence-corrected chi connectivity index (χ4v) is 0.973. The Morgan fingerprint density at radius 1 is 1.50 bits per heavy atom. The summed E-state index contributed by atoms with van der Waals surface area (Å²) in [5.41, 5.74) is 0. The number of nitrogens with zero attached hydrogens (tertiary/aromatic N) is 4. The maximum absolute atomic E-state index is 4.22. The second-order valence-corrected chi connectivity index (χ2v) is 2.46. The van der Waals surface area contributed by atoms with Gasteiger partial charge in [0.1, 0.15) is 5.82 Å². The molecule has 0 unspecified atom stereocenters. The van der Waals surface area contributed by atoms with Crippen molar-refractivity contribution in [1.29, 1.82) is 0 Å². The Morgan fingerprint density at radius 2 is 2.25 bits per heavy atom. The molecule has 4 nitrogen and oxygen atoms in total. The third kappa shape index (κ3) is 1.90. The molecule has 66 valence electrons. The smallest absolute Gasteiger partial charge is 0.169 e. The Hall–Kier alpha value is -1.19. The predicted molar refractivity (Wildman–Crippen MR) is 48.6 cm³/mol. The van der Waals surface area contributed by atoms with E-state index in [2.05, 4.69) is 15.1 Å². The van der Waals surface area contributed by atoms with Crippen LogP contribution in [-0.2, 0) is 6.54 Å². The Morgan fingerprint density at radius 3 is 2.83 bits per heavy atom. The van der Waals surface area contributed by atoms with Crippen LogP contribution in [0.5, 0.6) is 0 Å². The van der Waals surface area contributed by atoms with Gasteiger partial charge in [0.05, 0.1) is 6.21 Å². The van der Waals surface area contributed by atoms with Gasteiger partial charge in [-0.25, -0.2) is 9.67 Å². The molecule has 0 N–H and O–H groups in total. The number of hydrogen-bond acceptors (Lipinski definition) is 3. The molecule has 0 atom stereocenters. The molecule has 0 radical (unpaired) electrons. The summed E-state index contributed by atoms with van der Waals surface area (Å²) < 4.78 is 1.84. The molecule has 0 amide bonds. The number of aromatic nitrogens is 3. The highest BCUT2D eigenvalue weighted by Crippen LogP contribution is 1.94. The monoisotopic (exact) mass is 166 g/mol. The van der Waals surface area contributed by atoms with Crippen LogP contribution >= 0.6 is 0 Å². The lowest BCUT2D eigenvalue weighted by Crippen LogP contribution is -2.02. The van der Waals surface area contributed by atoms with Gasteiger partial charge in [-0.15, -0.1) is 0 Å². The lowest BCUT2D eigenvalue weighted by atomic mass is 10.6. The summed E-state index contributed by atoms with van der Waals surface area (Å²) >= 11 is 0. The molecule has 0 fully saturated rings. The minimum atomic E-state index is 0.787. The van der Waals surface area contributed by atoms with Gasteiger partial charge in [0.2, 0.25) is 0 Å². The summed E-state index contributed by atoms with van der Waals surface area (Å²) in [5, 5.41) is 4.20. The maximum Gasteiger partial charge on any atom is 0.169 e. The van der Waals surface area contributed by atoms with Gasteiger partial charge in [0, 0.05) is 13.1 Å². The number of rotatable bonds is 3. The molecule has 0 aliphatic heterocycles. The lowest BCUT2D eigenvalue weighted by molar-refractivity contribution is 0.648. The van der Waals surface area contributed by atoms with Gasteiger partial charge in [0.25, 0.3) is 0 Å². The van der Waals surface area contributed by atoms with Gasteiger partial charge in [-0.2, -0.15) is 5.10 Å². The fraction of sp³-hybridized carbons (Fsp3) is 0.625. The molecule has 1 heterocycles. The van der Waals surface area contributed by atoms with Crippen LogP contribution in [0.2, 0.25) is 0 Å². The fourth-order valence-electron chi connectivity index (χ4n) is 0.973. The van der Waals surface area contributed by atoms with Gasteiger partial charge >= 0.3 is 0 Å². The standard InChI is InChI=1S/C8H14N4/c1-4-9-6-8-10-7(3)11-12(8)5-2/h6H,4-5H2,1-3H3. The molecule has 4 heteroatoms. The van der Waals surface area contributed by atoms with Crippen molar-refractivity contribution in [2.75, 3.05) is 6.54 Å². The van der Waals surface area contributed by atoms with E-state index >= 15 is 0 Å². The van der Waals surface area contributed by atoms with Crippen LogP contribution in [0.1, 0.15) is 25.5 Å². The largest absolute Gasteiger partial charge is 0.290 e. The molecule has 0 aliphatic carbocycles. The molecule has 12 heavy (non-hydrogen) atoms. The Bertz CT molecular complexity index is 275. The number of aliphatic imine (C=N–C) groups is 1. The molecule has 0 aromatic carbocycles. The van der Waals surface area contributed by atoms with Crippen molar-refractivity contribution in [3.05, 3.63) is 11.6 Å². The van der Waals surface area contributed by atoms with E-state index in [-0.39, 0.29) is 0 Å². The van der Waals surface area contributed by atoms with E-state index in [9.17, 15) is 0 Å². The predicted octanol–water partition coefficient (Wildman–Crippen LogP) is 1.05. The molecular formula is C8H14N4. The SMILES string of the molecule is CCN=Cc1nc(C)nn1CC. The molecule has 0 saturated carbocycles. The van der Waals surface area contributed by atoms with Crippen molar-refractivity contribution in [2.45, 2.75) is 27.3 Å². The first-order valence-electron chi connectivity index (χ1n) is 4.19. The van der Waals surface area contributed by atoms with Crippen LogP contribution in [-0.4, -0.2) is 27.5 Å². The van der Waals surface area contributed by atoms with E-state index < -0.39 is 0 Å². The first kappa shape index (κ1) is 8.90. The van der Waals surface area contributed by atoms with Crippen molar-refractivity contribution in [3.63, 3.8) is 0 Å². The molecule has 1 rings (SSSR count). The molecule has 1 aromatic heterocycles. The average Bonchev–Trinajstić information content (AvgIpc) is 2.42. The quantitative estimate of drug-likeness (QED) is 0.630. The minimum Gasteiger partial charge on any atom is -0.290 e. The van der Waals surface area contributed by atoms with Gasteiger partial charge in [-0.3, -0.25) is 4.99 Å². The minimum absolute atomic E-state index is 0.787. The van der Waals surface area contributed by atoms with Crippen molar-refractivity contribution in [2.24, 2.45) is 4.99 Å². The van der Waals surface area contributed by atoms with E-state index in [1.807, 2.05) is 25.5 Å². The van der Waals surface area contributed by atoms with Crippen LogP contribution in [0.3, 0.4) is 0 Å².